The summed E-state index contributed by atoms with van der Waals surface area (Å²) in [6.07, 6.45) is 13.6. The van der Waals surface area contributed by atoms with Crippen LogP contribution in [-0.2, 0) is 0 Å². The molecular formula is C24H39NO. The van der Waals surface area contributed by atoms with Gasteiger partial charge in [-0.3, -0.25) is 0 Å². The maximum atomic E-state index is 5.30. The van der Waals surface area contributed by atoms with Gasteiger partial charge in [0.1, 0.15) is 5.75 Å². The second-order valence-electron chi connectivity index (χ2n) is 7.43. The van der Waals surface area contributed by atoms with E-state index in [2.05, 4.69) is 69.0 Å². The molecule has 0 saturated heterocycles. The Morgan fingerprint density at radius 3 is 2.27 bits per heavy atom. The first-order valence-electron chi connectivity index (χ1n) is 10.2. The van der Waals surface area contributed by atoms with Crippen LogP contribution in [0.25, 0.3) is 0 Å². The van der Waals surface area contributed by atoms with Crippen LogP contribution in [0.5, 0.6) is 5.75 Å². The minimum Gasteiger partial charge on any atom is -0.497 e. The molecule has 0 spiro atoms. The molecule has 2 heteroatoms. The third-order valence-electron chi connectivity index (χ3n) is 4.72. The number of unbranched alkanes of at least 4 members (excludes halogenated alkanes) is 4. The SMILES string of the molecule is CCCCCCCN(C/C=C(\C)CCC=C(C)C)c1ccc(OC)cc1. The molecule has 146 valence electrons. The number of nitrogens with zero attached hydrogens (tertiary/aromatic N) is 1. The molecular weight excluding hydrogens is 318 g/mol. The fourth-order valence-corrected chi connectivity index (χ4v) is 2.98. The van der Waals surface area contributed by atoms with Crippen molar-refractivity contribution in [3.8, 4) is 5.75 Å². The van der Waals surface area contributed by atoms with Gasteiger partial charge in [0.05, 0.1) is 7.11 Å². The van der Waals surface area contributed by atoms with E-state index in [0.717, 1.165) is 31.7 Å². The van der Waals surface area contributed by atoms with E-state index in [4.69, 9.17) is 4.74 Å². The molecule has 0 radical (unpaired) electrons. The Kier molecular flexibility index (Phi) is 11.6. The molecule has 1 rings (SSSR count). The predicted octanol–water partition coefficient (Wildman–Crippen LogP) is 7.16. The molecule has 0 saturated carbocycles. The number of benzene rings is 1. The van der Waals surface area contributed by atoms with Gasteiger partial charge in [-0.1, -0.05) is 55.9 Å². The Bertz CT molecular complexity index is 538. The third-order valence-corrected chi connectivity index (χ3v) is 4.72. The molecule has 0 aliphatic carbocycles. The van der Waals surface area contributed by atoms with Crippen LogP contribution in [0.15, 0.2) is 47.6 Å². The summed E-state index contributed by atoms with van der Waals surface area (Å²) >= 11 is 0. The summed E-state index contributed by atoms with van der Waals surface area (Å²) in [6, 6.07) is 8.48. The number of allylic oxidation sites excluding steroid dienone is 3. The Morgan fingerprint density at radius 1 is 0.962 bits per heavy atom. The lowest BCUT2D eigenvalue weighted by Crippen LogP contribution is -2.24. The lowest BCUT2D eigenvalue weighted by molar-refractivity contribution is 0.415. The largest absolute Gasteiger partial charge is 0.497 e. The van der Waals surface area contributed by atoms with Crippen molar-refractivity contribution in [2.24, 2.45) is 0 Å². The summed E-state index contributed by atoms with van der Waals surface area (Å²) in [4.78, 5) is 2.50. The van der Waals surface area contributed by atoms with Crippen molar-refractivity contribution in [3.05, 3.63) is 47.6 Å². The van der Waals surface area contributed by atoms with Crippen molar-refractivity contribution in [1.29, 1.82) is 0 Å². The first-order chi connectivity index (χ1) is 12.6. The minimum absolute atomic E-state index is 0.921. The molecule has 1 aromatic carbocycles. The number of methoxy groups -OCH3 is 1. The number of anilines is 1. The maximum absolute atomic E-state index is 5.30. The van der Waals surface area contributed by atoms with E-state index in [9.17, 15) is 0 Å². The van der Waals surface area contributed by atoms with Crippen LogP contribution in [0.4, 0.5) is 5.69 Å². The lowest BCUT2D eigenvalue weighted by Gasteiger charge is -2.24. The number of hydrogen-bond acceptors (Lipinski definition) is 2. The van der Waals surface area contributed by atoms with Crippen molar-refractivity contribution in [2.45, 2.75) is 72.6 Å². The van der Waals surface area contributed by atoms with E-state index in [0.29, 0.717) is 0 Å². The summed E-state index contributed by atoms with van der Waals surface area (Å²) in [5.74, 6) is 0.921. The topological polar surface area (TPSA) is 12.5 Å². The van der Waals surface area contributed by atoms with Gasteiger partial charge in [-0.05, 0) is 64.3 Å². The van der Waals surface area contributed by atoms with Crippen molar-refractivity contribution in [2.75, 3.05) is 25.1 Å². The average molecular weight is 358 g/mol. The minimum atomic E-state index is 0.921. The standard InChI is InChI=1S/C24H39NO/c1-6-7-8-9-10-19-25(23-14-16-24(26-5)17-15-23)20-18-22(4)13-11-12-21(2)3/h12,14-18H,6-11,13,19-20H2,1-5H3/b22-18+. The van der Waals surface area contributed by atoms with E-state index in [-0.39, 0.29) is 0 Å². The Hall–Kier alpha value is -1.70. The third kappa shape index (κ3) is 9.70. The quantitative estimate of drug-likeness (QED) is 0.274. The fourth-order valence-electron chi connectivity index (χ4n) is 2.98. The first-order valence-corrected chi connectivity index (χ1v) is 10.2. The Labute approximate surface area is 161 Å². The molecule has 26 heavy (non-hydrogen) atoms. The van der Waals surface area contributed by atoms with E-state index in [1.807, 2.05) is 0 Å². The van der Waals surface area contributed by atoms with Crippen LogP contribution in [0.3, 0.4) is 0 Å². The Morgan fingerprint density at radius 2 is 1.65 bits per heavy atom. The van der Waals surface area contributed by atoms with Gasteiger partial charge in [-0.15, -0.1) is 0 Å². The normalized spacial score (nSPS) is 11.3. The van der Waals surface area contributed by atoms with E-state index in [1.165, 1.54) is 48.9 Å². The lowest BCUT2D eigenvalue weighted by atomic mass is 10.1. The second kappa shape index (κ2) is 13.5. The predicted molar refractivity (Wildman–Crippen MR) is 116 cm³/mol. The summed E-state index contributed by atoms with van der Waals surface area (Å²) in [7, 11) is 1.72. The highest BCUT2D eigenvalue weighted by Crippen LogP contribution is 2.20. The summed E-state index contributed by atoms with van der Waals surface area (Å²) < 4.78 is 5.30. The molecule has 0 unspecified atom stereocenters. The smallest absolute Gasteiger partial charge is 0.119 e. The van der Waals surface area contributed by atoms with Crippen LogP contribution >= 0.6 is 0 Å². The van der Waals surface area contributed by atoms with Gasteiger partial charge in [-0.2, -0.15) is 0 Å². The van der Waals surface area contributed by atoms with Crippen molar-refractivity contribution >= 4 is 5.69 Å². The number of rotatable bonds is 13. The highest BCUT2D eigenvalue weighted by molar-refractivity contribution is 5.49. The number of ether oxygens (including phenoxy) is 1. The zero-order valence-electron chi connectivity index (χ0n) is 17.7. The fraction of sp³-hybridized carbons (Fsp3) is 0.583. The zero-order chi connectivity index (χ0) is 19.2. The van der Waals surface area contributed by atoms with Crippen LogP contribution in [0.2, 0.25) is 0 Å². The van der Waals surface area contributed by atoms with Crippen LogP contribution in [0, 0.1) is 0 Å². The van der Waals surface area contributed by atoms with Gasteiger partial charge in [0.2, 0.25) is 0 Å². The molecule has 0 aromatic heterocycles. The van der Waals surface area contributed by atoms with Crippen LogP contribution < -0.4 is 9.64 Å². The molecule has 0 heterocycles. The van der Waals surface area contributed by atoms with Crippen molar-refractivity contribution in [1.82, 2.24) is 0 Å². The molecule has 0 aliphatic heterocycles. The van der Waals surface area contributed by atoms with Gasteiger partial charge in [-0.25, -0.2) is 0 Å². The van der Waals surface area contributed by atoms with Crippen molar-refractivity contribution < 1.29 is 4.74 Å². The molecule has 0 N–H and O–H groups in total. The summed E-state index contributed by atoms with van der Waals surface area (Å²) in [6.45, 7) is 11.0. The second-order valence-corrected chi connectivity index (χ2v) is 7.43. The molecule has 0 aliphatic rings. The van der Waals surface area contributed by atoms with E-state index < -0.39 is 0 Å². The molecule has 0 bridgehead atoms. The zero-order valence-corrected chi connectivity index (χ0v) is 17.7. The number of hydrogen-bond donors (Lipinski definition) is 0. The highest BCUT2D eigenvalue weighted by Gasteiger charge is 2.06. The van der Waals surface area contributed by atoms with Gasteiger partial charge in [0.25, 0.3) is 0 Å². The summed E-state index contributed by atoms with van der Waals surface area (Å²) in [5, 5.41) is 0. The van der Waals surface area contributed by atoms with E-state index >= 15 is 0 Å². The maximum Gasteiger partial charge on any atom is 0.119 e. The molecule has 1 aromatic rings. The van der Waals surface area contributed by atoms with Crippen molar-refractivity contribution in [3.63, 3.8) is 0 Å². The van der Waals surface area contributed by atoms with Crippen LogP contribution in [-0.4, -0.2) is 20.2 Å². The molecule has 2 nitrogen and oxygen atoms in total. The van der Waals surface area contributed by atoms with Gasteiger partial charge >= 0.3 is 0 Å². The first kappa shape index (κ1) is 22.3. The highest BCUT2D eigenvalue weighted by atomic mass is 16.5. The molecule has 0 amide bonds. The Balaban J connectivity index is 2.65. The van der Waals surface area contributed by atoms with Crippen LogP contribution in [0.1, 0.15) is 72.6 Å². The van der Waals surface area contributed by atoms with Gasteiger partial charge < -0.3 is 9.64 Å². The van der Waals surface area contributed by atoms with Gasteiger partial charge in [0.15, 0.2) is 0 Å². The average Bonchev–Trinajstić information content (AvgIpc) is 2.64. The van der Waals surface area contributed by atoms with Gasteiger partial charge in [0, 0.05) is 18.8 Å². The van der Waals surface area contributed by atoms with E-state index in [1.54, 1.807) is 7.11 Å². The molecule has 0 fully saturated rings. The molecule has 0 atom stereocenters. The monoisotopic (exact) mass is 357 g/mol. The summed E-state index contributed by atoms with van der Waals surface area (Å²) in [5.41, 5.74) is 4.17.